The van der Waals surface area contributed by atoms with Crippen molar-refractivity contribution in [2.75, 3.05) is 6.54 Å². The number of aryl methyl sites for hydroxylation is 1. The first-order valence-electron chi connectivity index (χ1n) is 12.3. The highest BCUT2D eigenvalue weighted by molar-refractivity contribution is 6.35. The van der Waals surface area contributed by atoms with Gasteiger partial charge in [0.25, 0.3) is 11.5 Å². The summed E-state index contributed by atoms with van der Waals surface area (Å²) in [4.78, 5) is 39.7. The molecule has 1 aliphatic heterocycles. The minimum Gasteiger partial charge on any atom is -0.479 e. The SMILES string of the molecule is CCc1cn([C@@H]2CC(OCc3ccccc3)[C@H](CNC(=O)[C@H](C)Oc3ccc(Cl)cc3Cl)O2)c(=O)[nH]c1=O. The molecule has 0 bridgehead atoms. The summed E-state index contributed by atoms with van der Waals surface area (Å²) in [5, 5.41) is 3.60. The lowest BCUT2D eigenvalue weighted by Gasteiger charge is -2.21. The normalized spacial score (nSPS) is 19.7. The molecule has 38 heavy (non-hydrogen) atoms. The van der Waals surface area contributed by atoms with E-state index in [1.54, 1.807) is 19.1 Å². The molecule has 1 aromatic heterocycles. The van der Waals surface area contributed by atoms with Crippen LogP contribution in [0.4, 0.5) is 0 Å². The number of benzene rings is 2. The fraction of sp³-hybridized carbons (Fsp3) is 0.370. The molecular weight excluding hydrogens is 533 g/mol. The van der Waals surface area contributed by atoms with Crippen molar-refractivity contribution in [1.82, 2.24) is 14.9 Å². The van der Waals surface area contributed by atoms with Gasteiger partial charge in [0.1, 0.15) is 18.1 Å². The third kappa shape index (κ3) is 6.85. The molecule has 1 fully saturated rings. The summed E-state index contributed by atoms with van der Waals surface area (Å²) in [6.45, 7) is 3.89. The molecule has 2 N–H and O–H groups in total. The Kier molecular flexibility index (Phi) is 9.27. The van der Waals surface area contributed by atoms with Gasteiger partial charge in [-0.25, -0.2) is 4.79 Å². The van der Waals surface area contributed by atoms with Crippen LogP contribution in [0.1, 0.15) is 37.6 Å². The van der Waals surface area contributed by atoms with Crippen molar-refractivity contribution in [3.63, 3.8) is 0 Å². The standard InChI is InChI=1S/C27H29Cl2N3O6/c1-3-18-14-32(27(35)31-26(18)34)24-12-22(36-15-17-7-5-4-6-8-17)23(38-24)13-30-25(33)16(2)37-21-10-9-19(28)11-20(21)29/h4-11,14,16,22-24H,3,12-13,15H2,1-2H3,(H,30,33)(H,31,34,35)/t16-,22?,23-,24-/m0/s1. The molecule has 2 heterocycles. The van der Waals surface area contributed by atoms with Crippen molar-refractivity contribution < 1.29 is 19.0 Å². The highest BCUT2D eigenvalue weighted by Gasteiger charge is 2.38. The van der Waals surface area contributed by atoms with Gasteiger partial charge in [0, 0.05) is 29.7 Å². The molecule has 0 aliphatic carbocycles. The number of carbonyl (C=O) groups is 1. The van der Waals surface area contributed by atoms with Crippen LogP contribution in [0.2, 0.25) is 10.0 Å². The quantitative estimate of drug-likeness (QED) is 0.388. The molecule has 0 radical (unpaired) electrons. The van der Waals surface area contributed by atoms with Gasteiger partial charge in [0.2, 0.25) is 0 Å². The van der Waals surface area contributed by atoms with Crippen molar-refractivity contribution in [3.8, 4) is 5.75 Å². The Morgan fingerprint density at radius 1 is 1.21 bits per heavy atom. The summed E-state index contributed by atoms with van der Waals surface area (Å²) < 4.78 is 19.4. The largest absolute Gasteiger partial charge is 0.479 e. The minimum absolute atomic E-state index is 0.121. The second-order valence-corrected chi connectivity index (χ2v) is 9.80. The number of rotatable bonds is 10. The van der Waals surface area contributed by atoms with Gasteiger partial charge >= 0.3 is 5.69 Å². The van der Waals surface area contributed by atoms with Crippen molar-refractivity contribution in [3.05, 3.63) is 96.7 Å². The zero-order valence-corrected chi connectivity index (χ0v) is 22.5. The Morgan fingerprint density at radius 3 is 2.68 bits per heavy atom. The van der Waals surface area contributed by atoms with Crippen LogP contribution in [0.15, 0.2) is 64.3 Å². The predicted octanol–water partition coefficient (Wildman–Crippen LogP) is 3.86. The fourth-order valence-electron chi connectivity index (χ4n) is 4.16. The van der Waals surface area contributed by atoms with Gasteiger partial charge in [0.15, 0.2) is 6.10 Å². The fourth-order valence-corrected chi connectivity index (χ4v) is 4.61. The van der Waals surface area contributed by atoms with E-state index in [2.05, 4.69) is 10.3 Å². The minimum atomic E-state index is -0.844. The van der Waals surface area contributed by atoms with E-state index >= 15 is 0 Å². The Morgan fingerprint density at radius 2 is 1.97 bits per heavy atom. The third-order valence-electron chi connectivity index (χ3n) is 6.26. The number of nitrogens with zero attached hydrogens (tertiary/aromatic N) is 1. The molecule has 11 heteroatoms. The van der Waals surface area contributed by atoms with Gasteiger partial charge in [0.05, 0.1) is 17.7 Å². The number of aromatic amines is 1. The molecule has 1 amide bonds. The Bertz CT molecular complexity index is 1380. The maximum Gasteiger partial charge on any atom is 0.330 e. The summed E-state index contributed by atoms with van der Waals surface area (Å²) in [6.07, 6.45) is -0.154. The first kappa shape index (κ1) is 27.9. The molecule has 1 aliphatic rings. The smallest absolute Gasteiger partial charge is 0.330 e. The number of hydrogen-bond donors (Lipinski definition) is 2. The van der Waals surface area contributed by atoms with E-state index in [1.165, 1.54) is 16.8 Å². The number of aromatic nitrogens is 2. The number of H-pyrrole nitrogens is 1. The highest BCUT2D eigenvalue weighted by Crippen LogP contribution is 2.31. The number of hydrogen-bond acceptors (Lipinski definition) is 6. The van der Waals surface area contributed by atoms with Gasteiger partial charge in [-0.1, -0.05) is 60.5 Å². The summed E-state index contributed by atoms with van der Waals surface area (Å²) >= 11 is 12.1. The average Bonchev–Trinajstić information content (AvgIpc) is 3.31. The van der Waals surface area contributed by atoms with E-state index in [0.717, 1.165) is 5.56 Å². The molecule has 1 saturated heterocycles. The maximum atomic E-state index is 12.8. The van der Waals surface area contributed by atoms with E-state index < -0.39 is 35.8 Å². The zero-order chi connectivity index (χ0) is 27.2. The molecule has 0 saturated carbocycles. The molecule has 9 nitrogen and oxygen atoms in total. The predicted molar refractivity (Wildman–Crippen MR) is 144 cm³/mol. The summed E-state index contributed by atoms with van der Waals surface area (Å²) in [7, 11) is 0. The molecule has 2 aromatic carbocycles. The van der Waals surface area contributed by atoms with Crippen LogP contribution in [0.25, 0.3) is 0 Å². The van der Waals surface area contributed by atoms with Gasteiger partial charge in [-0.05, 0) is 37.1 Å². The van der Waals surface area contributed by atoms with Crippen LogP contribution in [-0.2, 0) is 27.3 Å². The monoisotopic (exact) mass is 561 g/mol. The van der Waals surface area contributed by atoms with E-state index in [0.29, 0.717) is 40.8 Å². The zero-order valence-electron chi connectivity index (χ0n) is 21.0. The highest BCUT2D eigenvalue weighted by atomic mass is 35.5. The molecule has 3 aromatic rings. The van der Waals surface area contributed by atoms with Crippen molar-refractivity contribution in [2.24, 2.45) is 0 Å². The number of halogens is 2. The van der Waals surface area contributed by atoms with Gasteiger partial charge < -0.3 is 19.5 Å². The second-order valence-electron chi connectivity index (χ2n) is 8.95. The maximum absolute atomic E-state index is 12.8. The summed E-state index contributed by atoms with van der Waals surface area (Å²) in [6, 6.07) is 14.4. The van der Waals surface area contributed by atoms with Crippen LogP contribution in [0.5, 0.6) is 5.75 Å². The van der Waals surface area contributed by atoms with Crippen molar-refractivity contribution in [1.29, 1.82) is 0 Å². The first-order valence-corrected chi connectivity index (χ1v) is 13.1. The second kappa shape index (κ2) is 12.6. The molecular formula is C27H29Cl2N3O6. The number of amides is 1. The van der Waals surface area contributed by atoms with E-state index in [9.17, 15) is 14.4 Å². The number of ether oxygens (including phenoxy) is 3. The Labute approximate surface area is 229 Å². The van der Waals surface area contributed by atoms with Crippen LogP contribution >= 0.6 is 23.2 Å². The molecule has 4 atom stereocenters. The first-order chi connectivity index (χ1) is 18.2. The summed E-state index contributed by atoms with van der Waals surface area (Å²) in [5.41, 5.74) is 0.474. The molecule has 1 unspecified atom stereocenters. The van der Waals surface area contributed by atoms with Crippen LogP contribution < -0.4 is 21.3 Å². The molecule has 202 valence electrons. The lowest BCUT2D eigenvalue weighted by molar-refractivity contribution is -0.128. The van der Waals surface area contributed by atoms with Crippen LogP contribution in [0, 0.1) is 0 Å². The number of nitrogens with one attached hydrogen (secondary N) is 2. The Balaban J connectivity index is 1.45. The third-order valence-corrected chi connectivity index (χ3v) is 6.79. The molecule has 4 rings (SSSR count). The Hall–Kier alpha value is -3.11. The topological polar surface area (TPSA) is 112 Å². The van der Waals surface area contributed by atoms with Gasteiger partial charge in [-0.15, -0.1) is 0 Å². The van der Waals surface area contributed by atoms with Crippen molar-refractivity contribution >= 4 is 29.1 Å². The average molecular weight is 562 g/mol. The lowest BCUT2D eigenvalue weighted by atomic mass is 10.1. The van der Waals surface area contributed by atoms with Gasteiger partial charge in [-0.3, -0.25) is 19.1 Å². The molecule has 0 spiro atoms. The van der Waals surface area contributed by atoms with Crippen molar-refractivity contribution in [2.45, 2.75) is 57.8 Å². The van der Waals surface area contributed by atoms with Crippen LogP contribution in [0.3, 0.4) is 0 Å². The van der Waals surface area contributed by atoms with E-state index in [1.807, 2.05) is 37.3 Å². The lowest BCUT2D eigenvalue weighted by Crippen LogP contribution is -2.43. The van der Waals surface area contributed by atoms with Crippen LogP contribution in [-0.4, -0.2) is 40.3 Å². The van der Waals surface area contributed by atoms with E-state index in [4.69, 9.17) is 37.4 Å². The summed E-state index contributed by atoms with van der Waals surface area (Å²) in [5.74, 6) is -0.0384. The van der Waals surface area contributed by atoms with E-state index in [-0.39, 0.29) is 12.5 Å². The van der Waals surface area contributed by atoms with Gasteiger partial charge in [-0.2, -0.15) is 0 Å². The number of carbonyl (C=O) groups excluding carboxylic acids is 1.